The van der Waals surface area contributed by atoms with Crippen LogP contribution >= 0.6 is 0 Å². The fourth-order valence-corrected chi connectivity index (χ4v) is 5.60. The van der Waals surface area contributed by atoms with Gasteiger partial charge in [0, 0.05) is 0 Å². The molecule has 3 nitrogen and oxygen atoms in total. The molecule has 90 valence electrons. The molecule has 0 saturated heterocycles. The van der Waals surface area contributed by atoms with Crippen molar-refractivity contribution in [2.75, 3.05) is 5.75 Å². The summed E-state index contributed by atoms with van der Waals surface area (Å²) in [7, 11) is -4.03. The van der Waals surface area contributed by atoms with E-state index >= 15 is 0 Å². The maximum absolute atomic E-state index is 10.4. The van der Waals surface area contributed by atoms with E-state index < -0.39 is 10.1 Å². The molecule has 0 bridgehead atoms. The van der Waals surface area contributed by atoms with Crippen molar-refractivity contribution < 1.29 is 13.0 Å². The molecule has 0 heterocycles. The van der Waals surface area contributed by atoms with Crippen molar-refractivity contribution in [3.63, 3.8) is 0 Å². The van der Waals surface area contributed by atoms with Crippen LogP contribution in [0, 0.1) is 13.8 Å². The Hall–Kier alpha value is -0.0804. The van der Waals surface area contributed by atoms with Gasteiger partial charge in [-0.2, -0.15) is 0 Å². The van der Waals surface area contributed by atoms with Gasteiger partial charge >= 0.3 is 107 Å². The summed E-state index contributed by atoms with van der Waals surface area (Å²) in [5, 5.41) is 0. The third kappa shape index (κ3) is 4.84. The van der Waals surface area contributed by atoms with Crippen molar-refractivity contribution in [1.82, 2.24) is 0 Å². The van der Waals surface area contributed by atoms with Crippen LogP contribution in [0.25, 0.3) is 0 Å². The topological polar surface area (TPSA) is 57.2 Å². The molecule has 0 aliphatic carbocycles. The number of hydrogen-bond donors (Lipinski definition) is 0. The fraction of sp³-hybridized carbons (Fsp3) is 0.455. The molecule has 0 aromatic heterocycles. The second-order valence-electron chi connectivity index (χ2n) is 3.68. The van der Waals surface area contributed by atoms with Crippen LogP contribution in [0.4, 0.5) is 0 Å². The Balaban J connectivity index is 2.49. The molecule has 0 amide bonds. The summed E-state index contributed by atoms with van der Waals surface area (Å²) >= 11 is -0.359. The van der Waals surface area contributed by atoms with Gasteiger partial charge in [0.2, 0.25) is 0 Å². The van der Waals surface area contributed by atoms with Gasteiger partial charge < -0.3 is 0 Å². The molecule has 0 spiro atoms. The van der Waals surface area contributed by atoms with E-state index in [9.17, 15) is 13.0 Å². The summed E-state index contributed by atoms with van der Waals surface area (Å²) in [6.45, 7) is 4.16. The molecule has 0 atom stereocenters. The second-order valence-corrected chi connectivity index (χ2v) is 8.36. The van der Waals surface area contributed by atoms with Gasteiger partial charge in [0.1, 0.15) is 0 Å². The van der Waals surface area contributed by atoms with Crippen molar-refractivity contribution in [1.29, 1.82) is 0 Å². The fourth-order valence-electron chi connectivity index (χ4n) is 1.44. The Kier molecular flexibility index (Phi) is 5.26. The van der Waals surface area contributed by atoms with Gasteiger partial charge in [-0.3, -0.25) is 0 Å². The first-order chi connectivity index (χ1) is 7.40. The zero-order valence-corrected chi connectivity index (χ0v) is 12.5. The van der Waals surface area contributed by atoms with E-state index in [0.717, 1.165) is 4.47 Å². The molecule has 5 heteroatoms. The monoisotopic (exact) mass is 357 g/mol. The molecule has 1 aromatic rings. The molecule has 1 rings (SSSR count). The zero-order chi connectivity index (χ0) is 12.2. The van der Waals surface area contributed by atoms with Crippen LogP contribution in [0.5, 0.6) is 0 Å². The van der Waals surface area contributed by atoms with Gasteiger partial charge in [0.05, 0.1) is 0 Å². The average Bonchev–Trinajstić information content (AvgIpc) is 2.14. The van der Waals surface area contributed by atoms with E-state index in [1.54, 1.807) is 0 Å². The summed E-state index contributed by atoms with van der Waals surface area (Å²) in [6.07, 6.45) is 0.502. The van der Waals surface area contributed by atoms with Gasteiger partial charge in [-0.05, 0) is 0 Å². The van der Waals surface area contributed by atoms with Crippen LogP contribution in [0.2, 0.25) is 4.47 Å². The van der Waals surface area contributed by atoms with E-state index in [1.165, 1.54) is 14.7 Å². The van der Waals surface area contributed by atoms with Gasteiger partial charge in [0.15, 0.2) is 0 Å². The average molecular weight is 355 g/mol. The van der Waals surface area contributed by atoms with E-state index in [1.807, 2.05) is 6.07 Å². The van der Waals surface area contributed by atoms with Crippen molar-refractivity contribution >= 4 is 34.7 Å². The van der Waals surface area contributed by atoms with Crippen molar-refractivity contribution in [2.45, 2.75) is 24.7 Å². The maximum atomic E-state index is 10.4. The van der Waals surface area contributed by atoms with Crippen molar-refractivity contribution in [2.24, 2.45) is 0 Å². The Morgan fingerprint density at radius 1 is 1.25 bits per heavy atom. The Morgan fingerprint density at radius 3 is 2.31 bits per heavy atom. The van der Waals surface area contributed by atoms with Gasteiger partial charge in [-0.1, -0.05) is 0 Å². The van der Waals surface area contributed by atoms with Crippen LogP contribution in [0.15, 0.2) is 18.2 Å². The molecule has 0 fully saturated rings. The first-order valence-corrected chi connectivity index (χ1v) is 9.42. The molecule has 0 saturated carbocycles. The van der Waals surface area contributed by atoms with Gasteiger partial charge in [0.25, 0.3) is 0 Å². The van der Waals surface area contributed by atoms with Crippen molar-refractivity contribution in [3.05, 3.63) is 29.3 Å². The molecule has 1 aromatic carbocycles. The van der Waals surface area contributed by atoms with Gasteiger partial charge in [-0.15, -0.1) is 0 Å². The molecule has 0 radical (unpaired) electrons. The molecule has 0 N–H and O–H groups in total. The van der Waals surface area contributed by atoms with Crippen LogP contribution in [0.1, 0.15) is 17.5 Å². The molecule has 16 heavy (non-hydrogen) atoms. The molecule has 0 unspecified atom stereocenters. The minimum atomic E-state index is -4.03. The summed E-state index contributed by atoms with van der Waals surface area (Å²) in [5.41, 5.74) is 2.57. The summed E-state index contributed by atoms with van der Waals surface area (Å²) < 4.78 is 33.6. The third-order valence-corrected chi connectivity index (χ3v) is 7.05. The van der Waals surface area contributed by atoms with Crippen LogP contribution in [-0.4, -0.2) is 39.6 Å². The molecular weight excluding hydrogens is 340 g/mol. The quantitative estimate of drug-likeness (QED) is 0.450. The van der Waals surface area contributed by atoms with E-state index in [2.05, 4.69) is 26.0 Å². The Bertz CT molecular complexity index is 434. The molecular formula is C11H15O3STe-. The molecule has 0 aliphatic heterocycles. The minimum absolute atomic E-state index is 0.220. The van der Waals surface area contributed by atoms with Crippen LogP contribution in [0.3, 0.4) is 0 Å². The normalized spacial score (nSPS) is 11.7. The van der Waals surface area contributed by atoms with Crippen LogP contribution < -0.4 is 3.61 Å². The van der Waals surface area contributed by atoms with E-state index in [4.69, 9.17) is 0 Å². The Labute approximate surface area is 107 Å². The van der Waals surface area contributed by atoms with Gasteiger partial charge in [-0.25, -0.2) is 0 Å². The SMILES string of the molecule is Cc1cccc(C)c1[Te]CCCS(=O)(=O)[O-]. The number of rotatable bonds is 5. The third-order valence-electron chi connectivity index (χ3n) is 2.19. The number of hydrogen-bond acceptors (Lipinski definition) is 3. The first-order valence-electron chi connectivity index (χ1n) is 5.03. The second kappa shape index (κ2) is 6.02. The Morgan fingerprint density at radius 2 is 1.81 bits per heavy atom. The molecule has 0 aliphatic rings. The summed E-state index contributed by atoms with van der Waals surface area (Å²) in [5.74, 6) is -0.220. The van der Waals surface area contributed by atoms with E-state index in [0.29, 0.717) is 6.42 Å². The number of aryl methyl sites for hydroxylation is 2. The zero-order valence-electron chi connectivity index (χ0n) is 9.39. The van der Waals surface area contributed by atoms with Crippen molar-refractivity contribution in [3.8, 4) is 0 Å². The number of benzene rings is 1. The van der Waals surface area contributed by atoms with E-state index in [-0.39, 0.29) is 26.7 Å². The summed E-state index contributed by atoms with van der Waals surface area (Å²) in [4.78, 5) is 0. The predicted molar refractivity (Wildman–Crippen MR) is 65.3 cm³/mol. The first kappa shape index (κ1) is 14.0. The van der Waals surface area contributed by atoms with Crippen LogP contribution in [-0.2, 0) is 10.1 Å². The predicted octanol–water partition coefficient (Wildman–Crippen LogP) is 0.987. The summed E-state index contributed by atoms with van der Waals surface area (Å²) in [6, 6.07) is 6.19. The standard InChI is InChI=1S/C11H16O3STe/c1-9-5-3-6-10(2)11(9)16-8-4-7-15(12,13)14/h3,5-6H,4,7-8H2,1-2H3,(H,12,13,14)/p-1.